The lowest BCUT2D eigenvalue weighted by atomic mass is 9.93. The summed E-state index contributed by atoms with van der Waals surface area (Å²) in [6.07, 6.45) is 1.42. The van der Waals surface area contributed by atoms with Crippen LogP contribution in [0, 0.1) is 6.92 Å². The highest BCUT2D eigenvalue weighted by Gasteiger charge is 2.35. The maximum Gasteiger partial charge on any atom is 0.410 e. The Morgan fingerprint density at radius 3 is 2.05 bits per heavy atom. The zero-order chi connectivity index (χ0) is 28.0. The normalized spacial score (nSPS) is 17.5. The third-order valence-electron chi connectivity index (χ3n) is 6.84. The van der Waals surface area contributed by atoms with E-state index in [4.69, 9.17) is 4.74 Å². The Labute approximate surface area is 232 Å². The number of rotatable bonds is 9. The number of hydrogen-bond donors (Lipinski definition) is 2. The molecule has 1 aliphatic rings. The highest BCUT2D eigenvalue weighted by Crippen LogP contribution is 2.32. The summed E-state index contributed by atoms with van der Waals surface area (Å²) in [5.74, 6) is 0. The standard InChI is InChI=1S/C31H39N3O4S/c1-23-17-19-27(20-18-23)39(36,37)33-29(25-14-9-6-10-15-25)28(24-12-7-5-8-13-24)32-22-26-16-11-21-34(26)30(35)38-31(2,3)4/h5-10,12-15,17-20,26,28-29,32-33H,11,16,21-22H2,1-4H3/t26-,28+,29+/m0/s1. The summed E-state index contributed by atoms with van der Waals surface area (Å²) in [4.78, 5) is 14.9. The van der Waals surface area contributed by atoms with E-state index in [0.29, 0.717) is 13.1 Å². The topological polar surface area (TPSA) is 87.7 Å². The molecule has 7 nitrogen and oxygen atoms in total. The number of nitrogens with zero attached hydrogens (tertiary/aromatic N) is 1. The van der Waals surface area contributed by atoms with Gasteiger partial charge in [-0.15, -0.1) is 0 Å². The van der Waals surface area contributed by atoms with Crippen LogP contribution < -0.4 is 10.0 Å². The molecule has 2 N–H and O–H groups in total. The van der Waals surface area contributed by atoms with Gasteiger partial charge in [-0.25, -0.2) is 17.9 Å². The summed E-state index contributed by atoms with van der Waals surface area (Å²) < 4.78 is 35.8. The number of benzene rings is 3. The van der Waals surface area contributed by atoms with Crippen molar-refractivity contribution < 1.29 is 17.9 Å². The molecule has 0 saturated carbocycles. The number of nitrogens with one attached hydrogen (secondary N) is 2. The summed E-state index contributed by atoms with van der Waals surface area (Å²) in [5.41, 5.74) is 2.20. The van der Waals surface area contributed by atoms with Crippen LogP contribution in [0.5, 0.6) is 0 Å². The van der Waals surface area contributed by atoms with Gasteiger partial charge in [0, 0.05) is 19.1 Å². The van der Waals surface area contributed by atoms with Gasteiger partial charge in [0.1, 0.15) is 5.60 Å². The first kappa shape index (κ1) is 28.8. The van der Waals surface area contributed by atoms with Gasteiger partial charge >= 0.3 is 6.09 Å². The molecule has 1 fully saturated rings. The van der Waals surface area contributed by atoms with E-state index in [1.165, 1.54) is 0 Å². The number of carbonyl (C=O) groups is 1. The smallest absolute Gasteiger partial charge is 0.410 e. The zero-order valence-electron chi connectivity index (χ0n) is 23.1. The van der Waals surface area contributed by atoms with E-state index >= 15 is 0 Å². The maximum absolute atomic E-state index is 13.6. The first-order valence-electron chi connectivity index (χ1n) is 13.5. The molecule has 3 aromatic carbocycles. The predicted molar refractivity (Wildman–Crippen MR) is 154 cm³/mol. The van der Waals surface area contributed by atoms with E-state index in [1.54, 1.807) is 29.2 Å². The van der Waals surface area contributed by atoms with Gasteiger partial charge in [-0.05, 0) is 63.8 Å². The highest BCUT2D eigenvalue weighted by molar-refractivity contribution is 7.89. The lowest BCUT2D eigenvalue weighted by Gasteiger charge is -2.33. The van der Waals surface area contributed by atoms with Gasteiger partial charge in [0.2, 0.25) is 10.0 Å². The van der Waals surface area contributed by atoms with Gasteiger partial charge in [-0.1, -0.05) is 78.4 Å². The molecule has 3 aromatic rings. The number of hydrogen-bond acceptors (Lipinski definition) is 5. The molecule has 0 aromatic heterocycles. The largest absolute Gasteiger partial charge is 0.444 e. The monoisotopic (exact) mass is 549 g/mol. The highest BCUT2D eigenvalue weighted by atomic mass is 32.2. The molecule has 4 rings (SSSR count). The molecule has 0 unspecified atom stereocenters. The fourth-order valence-electron chi connectivity index (χ4n) is 4.90. The molecule has 1 amide bonds. The van der Waals surface area contributed by atoms with Crippen LogP contribution in [0.3, 0.4) is 0 Å². The lowest BCUT2D eigenvalue weighted by molar-refractivity contribution is 0.0224. The molecule has 8 heteroatoms. The molecule has 0 aliphatic carbocycles. The lowest BCUT2D eigenvalue weighted by Crippen LogP contribution is -2.46. The number of sulfonamides is 1. The Balaban J connectivity index is 1.65. The summed E-state index contributed by atoms with van der Waals surface area (Å²) in [6.45, 7) is 8.65. The third-order valence-corrected chi connectivity index (χ3v) is 8.30. The van der Waals surface area contributed by atoms with E-state index in [-0.39, 0.29) is 17.0 Å². The summed E-state index contributed by atoms with van der Waals surface area (Å²) in [7, 11) is -3.83. The van der Waals surface area contributed by atoms with Crippen LogP contribution in [-0.4, -0.2) is 44.1 Å². The van der Waals surface area contributed by atoms with Crippen LogP contribution in [0.4, 0.5) is 4.79 Å². The van der Waals surface area contributed by atoms with E-state index in [9.17, 15) is 13.2 Å². The molecule has 0 radical (unpaired) electrons. The van der Waals surface area contributed by atoms with Crippen molar-refractivity contribution in [2.75, 3.05) is 13.1 Å². The Morgan fingerprint density at radius 1 is 0.923 bits per heavy atom. The summed E-state index contributed by atoms with van der Waals surface area (Å²) in [6, 6.07) is 25.2. The van der Waals surface area contributed by atoms with Crippen molar-refractivity contribution in [2.45, 2.75) is 69.2 Å². The molecular weight excluding hydrogens is 510 g/mol. The minimum atomic E-state index is -3.83. The fraction of sp³-hybridized carbons (Fsp3) is 0.387. The van der Waals surface area contributed by atoms with Crippen molar-refractivity contribution in [1.82, 2.24) is 14.9 Å². The van der Waals surface area contributed by atoms with E-state index in [0.717, 1.165) is 29.5 Å². The SMILES string of the molecule is Cc1ccc(S(=O)(=O)N[C@H](c2ccccc2)[C@H](NC[C@@H]2CCCN2C(=O)OC(C)(C)C)c2ccccc2)cc1. The molecular formula is C31H39N3O4S. The average molecular weight is 550 g/mol. The van der Waals surface area contributed by atoms with Gasteiger partial charge in [0.05, 0.1) is 17.0 Å². The van der Waals surface area contributed by atoms with Crippen molar-refractivity contribution >= 4 is 16.1 Å². The van der Waals surface area contributed by atoms with Crippen LogP contribution in [-0.2, 0) is 14.8 Å². The van der Waals surface area contributed by atoms with Gasteiger partial charge in [-0.2, -0.15) is 0 Å². The molecule has 1 saturated heterocycles. The van der Waals surface area contributed by atoms with Crippen LogP contribution in [0.1, 0.15) is 62.4 Å². The Hall–Kier alpha value is -3.20. The van der Waals surface area contributed by atoms with Gasteiger partial charge < -0.3 is 15.0 Å². The average Bonchev–Trinajstić information content (AvgIpc) is 3.37. The Bertz CT molecular complexity index is 1320. The Morgan fingerprint density at radius 2 is 1.49 bits per heavy atom. The Kier molecular flexibility index (Phi) is 9.10. The quantitative estimate of drug-likeness (QED) is 0.355. The first-order chi connectivity index (χ1) is 18.5. The first-order valence-corrected chi connectivity index (χ1v) is 14.9. The van der Waals surface area contributed by atoms with Gasteiger partial charge in [0.25, 0.3) is 0 Å². The molecule has 0 spiro atoms. The number of carbonyl (C=O) groups excluding carboxylic acids is 1. The zero-order valence-corrected chi connectivity index (χ0v) is 23.9. The minimum Gasteiger partial charge on any atom is -0.444 e. The predicted octanol–water partition coefficient (Wildman–Crippen LogP) is 5.75. The van der Waals surface area contributed by atoms with E-state index in [2.05, 4.69) is 10.0 Å². The number of ether oxygens (including phenoxy) is 1. The molecule has 39 heavy (non-hydrogen) atoms. The fourth-order valence-corrected chi connectivity index (χ4v) is 6.14. The second-order valence-corrected chi connectivity index (χ2v) is 12.8. The summed E-state index contributed by atoms with van der Waals surface area (Å²) in [5, 5.41) is 3.63. The minimum absolute atomic E-state index is 0.0591. The number of amides is 1. The van der Waals surface area contributed by atoms with Crippen LogP contribution in [0.2, 0.25) is 0 Å². The van der Waals surface area contributed by atoms with Gasteiger partial charge in [0.15, 0.2) is 0 Å². The second kappa shape index (κ2) is 12.3. The maximum atomic E-state index is 13.6. The number of likely N-dealkylation sites (tertiary alicyclic amines) is 1. The molecule has 1 heterocycles. The molecule has 0 bridgehead atoms. The van der Waals surface area contributed by atoms with Crippen molar-refractivity contribution in [2.24, 2.45) is 0 Å². The van der Waals surface area contributed by atoms with Crippen molar-refractivity contribution in [1.29, 1.82) is 0 Å². The van der Waals surface area contributed by atoms with E-state index in [1.807, 2.05) is 88.4 Å². The second-order valence-electron chi connectivity index (χ2n) is 11.1. The van der Waals surface area contributed by atoms with Crippen LogP contribution >= 0.6 is 0 Å². The van der Waals surface area contributed by atoms with Gasteiger partial charge in [-0.3, -0.25) is 0 Å². The molecule has 3 atom stereocenters. The summed E-state index contributed by atoms with van der Waals surface area (Å²) >= 11 is 0. The van der Waals surface area contributed by atoms with Crippen molar-refractivity contribution in [3.8, 4) is 0 Å². The van der Waals surface area contributed by atoms with E-state index < -0.39 is 27.7 Å². The van der Waals surface area contributed by atoms with Crippen molar-refractivity contribution in [3.63, 3.8) is 0 Å². The molecule has 208 valence electrons. The molecule has 1 aliphatic heterocycles. The van der Waals surface area contributed by atoms with Crippen molar-refractivity contribution in [3.05, 3.63) is 102 Å². The van der Waals surface area contributed by atoms with Crippen LogP contribution in [0.15, 0.2) is 89.8 Å². The third kappa shape index (κ3) is 7.68. The van der Waals surface area contributed by atoms with Crippen LogP contribution in [0.25, 0.3) is 0 Å². The number of aryl methyl sites for hydroxylation is 1.